The average molecular weight is 435 g/mol. The number of carbonyl (C=O) groups is 1. The predicted octanol–water partition coefficient (Wildman–Crippen LogP) is 5.50. The monoisotopic (exact) mass is 434 g/mol. The molecule has 1 amide bonds. The van der Waals surface area contributed by atoms with Crippen LogP contribution in [0.15, 0.2) is 47.5 Å². The van der Waals surface area contributed by atoms with Gasteiger partial charge in [0.15, 0.2) is 4.80 Å². The van der Waals surface area contributed by atoms with Gasteiger partial charge in [-0.25, -0.2) is 0 Å². The number of benzene rings is 2. The van der Waals surface area contributed by atoms with Gasteiger partial charge in [0.2, 0.25) is 0 Å². The number of ether oxygens (including phenoxy) is 1. The van der Waals surface area contributed by atoms with Gasteiger partial charge in [0, 0.05) is 29.3 Å². The van der Waals surface area contributed by atoms with Gasteiger partial charge in [0.1, 0.15) is 0 Å². The molecule has 0 bridgehead atoms. The molecule has 0 radical (unpaired) electrons. The highest BCUT2D eigenvalue weighted by Crippen LogP contribution is 2.27. The van der Waals surface area contributed by atoms with Gasteiger partial charge in [-0.15, -0.1) is 0 Å². The standard InChI is InChI=1S/C21H20Cl2N2O2S/c1-3-27-13-12-25-20-14(2)16(22)9-10-18(20)28-21(25)24-19(26)11-8-15-6-4-5-7-17(15)23/h4-11H,3,12-13H2,1-2H3/b11-8+,24-21?. The molecule has 0 aliphatic carbocycles. The Morgan fingerprint density at radius 1 is 1.21 bits per heavy atom. The van der Waals surface area contributed by atoms with E-state index < -0.39 is 0 Å². The summed E-state index contributed by atoms with van der Waals surface area (Å²) in [6.45, 7) is 5.68. The van der Waals surface area contributed by atoms with Crippen LogP contribution in [0.2, 0.25) is 10.0 Å². The molecule has 0 N–H and O–H groups in total. The second-order valence-corrected chi connectivity index (χ2v) is 7.88. The van der Waals surface area contributed by atoms with Crippen molar-refractivity contribution >= 4 is 56.7 Å². The van der Waals surface area contributed by atoms with Crippen molar-refractivity contribution in [2.45, 2.75) is 20.4 Å². The van der Waals surface area contributed by atoms with Crippen molar-refractivity contribution in [1.82, 2.24) is 4.57 Å². The lowest BCUT2D eigenvalue weighted by Crippen LogP contribution is -2.19. The summed E-state index contributed by atoms with van der Waals surface area (Å²) in [7, 11) is 0. The molecule has 7 heteroatoms. The molecule has 0 saturated carbocycles. The zero-order valence-corrected chi connectivity index (χ0v) is 17.9. The zero-order chi connectivity index (χ0) is 20.1. The van der Waals surface area contributed by atoms with Crippen LogP contribution in [0.1, 0.15) is 18.1 Å². The average Bonchev–Trinajstić information content (AvgIpc) is 3.02. The molecule has 3 aromatic rings. The van der Waals surface area contributed by atoms with Crippen LogP contribution in [0.3, 0.4) is 0 Å². The normalized spacial score (nSPS) is 12.4. The van der Waals surface area contributed by atoms with E-state index in [4.69, 9.17) is 27.9 Å². The quantitative estimate of drug-likeness (QED) is 0.379. The fourth-order valence-electron chi connectivity index (χ4n) is 2.81. The van der Waals surface area contributed by atoms with Crippen molar-refractivity contribution in [3.63, 3.8) is 0 Å². The van der Waals surface area contributed by atoms with E-state index >= 15 is 0 Å². The Morgan fingerprint density at radius 2 is 2.00 bits per heavy atom. The first-order valence-corrected chi connectivity index (χ1v) is 10.5. The number of hydrogen-bond acceptors (Lipinski definition) is 3. The molecular weight excluding hydrogens is 415 g/mol. The highest BCUT2D eigenvalue weighted by Gasteiger charge is 2.12. The van der Waals surface area contributed by atoms with E-state index in [9.17, 15) is 4.79 Å². The largest absolute Gasteiger partial charge is 0.380 e. The minimum absolute atomic E-state index is 0.347. The van der Waals surface area contributed by atoms with Crippen molar-refractivity contribution in [3.8, 4) is 0 Å². The Kier molecular flexibility index (Phi) is 7.08. The summed E-state index contributed by atoms with van der Waals surface area (Å²) in [5.41, 5.74) is 2.72. The third-order valence-electron chi connectivity index (χ3n) is 4.21. The molecule has 0 atom stereocenters. The number of aromatic nitrogens is 1. The summed E-state index contributed by atoms with van der Waals surface area (Å²) < 4.78 is 8.53. The van der Waals surface area contributed by atoms with Crippen molar-refractivity contribution in [1.29, 1.82) is 0 Å². The number of aryl methyl sites for hydroxylation is 1. The van der Waals surface area contributed by atoms with E-state index in [2.05, 4.69) is 4.99 Å². The molecule has 2 aromatic carbocycles. The van der Waals surface area contributed by atoms with Crippen LogP contribution in [0.4, 0.5) is 0 Å². The van der Waals surface area contributed by atoms with E-state index in [1.165, 1.54) is 17.4 Å². The van der Waals surface area contributed by atoms with Crippen LogP contribution in [0, 0.1) is 6.92 Å². The molecule has 0 fully saturated rings. The number of carbonyl (C=O) groups excluding carboxylic acids is 1. The van der Waals surface area contributed by atoms with Gasteiger partial charge in [-0.1, -0.05) is 52.7 Å². The van der Waals surface area contributed by atoms with Gasteiger partial charge in [0.25, 0.3) is 5.91 Å². The first-order valence-electron chi connectivity index (χ1n) is 8.88. The number of fused-ring (bicyclic) bond motifs is 1. The van der Waals surface area contributed by atoms with Crippen molar-refractivity contribution in [2.75, 3.05) is 13.2 Å². The summed E-state index contributed by atoms with van der Waals surface area (Å²) in [6, 6.07) is 11.2. The van der Waals surface area contributed by atoms with Crippen LogP contribution in [-0.4, -0.2) is 23.7 Å². The second-order valence-electron chi connectivity index (χ2n) is 6.06. The van der Waals surface area contributed by atoms with E-state index in [1.807, 2.05) is 48.7 Å². The summed E-state index contributed by atoms with van der Waals surface area (Å²) in [5, 5.41) is 1.28. The topological polar surface area (TPSA) is 43.6 Å². The smallest absolute Gasteiger partial charge is 0.272 e. The molecule has 0 aliphatic rings. The number of nitrogens with zero attached hydrogens (tertiary/aromatic N) is 2. The molecule has 0 saturated heterocycles. The first kappa shape index (κ1) is 20.8. The summed E-state index contributed by atoms with van der Waals surface area (Å²) in [5.74, 6) is -0.347. The third kappa shape index (κ3) is 4.73. The van der Waals surface area contributed by atoms with Gasteiger partial charge in [0.05, 0.1) is 16.8 Å². The number of hydrogen-bond donors (Lipinski definition) is 0. The fraction of sp³-hybridized carbons (Fsp3) is 0.238. The minimum atomic E-state index is -0.347. The lowest BCUT2D eigenvalue weighted by atomic mass is 10.2. The lowest BCUT2D eigenvalue weighted by molar-refractivity contribution is -0.113. The Labute approximate surface area is 177 Å². The maximum absolute atomic E-state index is 12.4. The molecule has 3 rings (SSSR count). The maximum atomic E-state index is 12.4. The maximum Gasteiger partial charge on any atom is 0.272 e. The third-order valence-corrected chi connectivity index (χ3v) is 6.01. The Hall–Kier alpha value is -1.92. The molecule has 4 nitrogen and oxygen atoms in total. The summed E-state index contributed by atoms with van der Waals surface area (Å²) >= 11 is 13.9. The van der Waals surface area contributed by atoms with Gasteiger partial charge in [-0.3, -0.25) is 4.79 Å². The molecular formula is C21H20Cl2N2O2S. The summed E-state index contributed by atoms with van der Waals surface area (Å²) in [6.07, 6.45) is 3.10. The van der Waals surface area contributed by atoms with Crippen LogP contribution < -0.4 is 4.80 Å². The molecule has 0 unspecified atom stereocenters. The molecule has 146 valence electrons. The highest BCUT2D eigenvalue weighted by atomic mass is 35.5. The van der Waals surface area contributed by atoms with Crippen molar-refractivity contribution in [2.24, 2.45) is 4.99 Å². The Bertz CT molecular complexity index is 1100. The zero-order valence-electron chi connectivity index (χ0n) is 15.6. The predicted molar refractivity (Wildman–Crippen MR) is 117 cm³/mol. The number of halogens is 2. The number of rotatable bonds is 6. The van der Waals surface area contributed by atoms with E-state index in [0.717, 1.165) is 21.3 Å². The minimum Gasteiger partial charge on any atom is -0.380 e. The van der Waals surface area contributed by atoms with Crippen molar-refractivity contribution < 1.29 is 9.53 Å². The van der Waals surface area contributed by atoms with Gasteiger partial charge in [-0.05, 0) is 49.2 Å². The van der Waals surface area contributed by atoms with E-state index in [0.29, 0.717) is 34.6 Å². The molecule has 0 spiro atoms. The second kappa shape index (κ2) is 9.52. The fourth-order valence-corrected chi connectivity index (χ4v) is 4.28. The molecule has 1 heterocycles. The Morgan fingerprint density at radius 3 is 2.75 bits per heavy atom. The first-order chi connectivity index (χ1) is 13.5. The van der Waals surface area contributed by atoms with E-state index in [-0.39, 0.29) is 5.91 Å². The molecule has 28 heavy (non-hydrogen) atoms. The van der Waals surface area contributed by atoms with Crippen molar-refractivity contribution in [3.05, 3.63) is 68.4 Å². The van der Waals surface area contributed by atoms with Crippen LogP contribution >= 0.6 is 34.5 Å². The number of thiazole rings is 1. The van der Waals surface area contributed by atoms with Gasteiger partial charge >= 0.3 is 0 Å². The van der Waals surface area contributed by atoms with E-state index in [1.54, 1.807) is 12.1 Å². The SMILES string of the molecule is CCOCCn1c(=NC(=O)/C=C/c2ccccc2Cl)sc2ccc(Cl)c(C)c21. The van der Waals surface area contributed by atoms with Gasteiger partial charge in [-0.2, -0.15) is 4.99 Å². The molecule has 1 aromatic heterocycles. The van der Waals surface area contributed by atoms with Crippen LogP contribution in [0.5, 0.6) is 0 Å². The Balaban J connectivity index is 2.00. The molecule has 0 aliphatic heterocycles. The summed E-state index contributed by atoms with van der Waals surface area (Å²) in [4.78, 5) is 17.4. The van der Waals surface area contributed by atoms with Crippen LogP contribution in [-0.2, 0) is 16.1 Å². The highest BCUT2D eigenvalue weighted by molar-refractivity contribution is 7.16. The number of amides is 1. The van der Waals surface area contributed by atoms with Gasteiger partial charge < -0.3 is 9.30 Å². The van der Waals surface area contributed by atoms with Crippen LogP contribution in [0.25, 0.3) is 16.3 Å². The lowest BCUT2D eigenvalue weighted by Gasteiger charge is -2.08.